The molecule has 4 fully saturated rings. The van der Waals surface area contributed by atoms with E-state index >= 15 is 0 Å². The predicted octanol–water partition coefficient (Wildman–Crippen LogP) is 0.924. The second-order valence-electron chi connectivity index (χ2n) is 6.63. The molecule has 0 radical (unpaired) electrons. The van der Waals surface area contributed by atoms with Gasteiger partial charge in [-0.1, -0.05) is 0 Å². The Morgan fingerprint density at radius 1 is 1.22 bits per heavy atom. The predicted molar refractivity (Wildman–Crippen MR) is 69.0 cm³/mol. The fourth-order valence-corrected chi connectivity index (χ4v) is 4.38. The van der Waals surface area contributed by atoms with Crippen molar-refractivity contribution in [2.75, 3.05) is 13.1 Å². The highest BCUT2D eigenvalue weighted by Crippen LogP contribution is 2.44. The lowest BCUT2D eigenvalue weighted by Gasteiger charge is -2.40. The van der Waals surface area contributed by atoms with Gasteiger partial charge in [-0.05, 0) is 52.0 Å². The maximum Gasteiger partial charge on any atom is 0.244 e. The molecule has 3 unspecified atom stereocenters. The molecule has 3 aliphatic heterocycles. The number of hydrogen-bond donors (Lipinski definition) is 1. The highest BCUT2D eigenvalue weighted by atomic mass is 16.2. The Kier molecular flexibility index (Phi) is 2.31. The van der Waals surface area contributed by atoms with Crippen LogP contribution in [0.2, 0.25) is 0 Å². The summed E-state index contributed by atoms with van der Waals surface area (Å²) in [6.07, 6.45) is 7.41. The molecule has 0 bridgehead atoms. The van der Waals surface area contributed by atoms with Gasteiger partial charge in [0.15, 0.2) is 0 Å². The Bertz CT molecular complexity index is 379. The van der Waals surface area contributed by atoms with Gasteiger partial charge in [-0.25, -0.2) is 0 Å². The summed E-state index contributed by atoms with van der Waals surface area (Å²) < 4.78 is 0. The van der Waals surface area contributed by atoms with Gasteiger partial charge in [0.1, 0.15) is 0 Å². The highest BCUT2D eigenvalue weighted by Gasteiger charge is 2.59. The van der Waals surface area contributed by atoms with Crippen molar-refractivity contribution in [2.45, 2.75) is 69.2 Å². The third-order valence-corrected chi connectivity index (χ3v) is 5.48. The van der Waals surface area contributed by atoms with Gasteiger partial charge in [0, 0.05) is 18.6 Å². The van der Waals surface area contributed by atoms with Gasteiger partial charge in [0.2, 0.25) is 5.91 Å². The van der Waals surface area contributed by atoms with Gasteiger partial charge < -0.3 is 9.80 Å². The molecule has 1 N–H and O–H groups in total. The summed E-state index contributed by atoms with van der Waals surface area (Å²) in [7, 11) is 0. The van der Waals surface area contributed by atoms with Crippen LogP contribution in [0.4, 0.5) is 0 Å². The van der Waals surface area contributed by atoms with E-state index in [1.165, 1.54) is 38.8 Å². The summed E-state index contributed by atoms with van der Waals surface area (Å²) in [5, 5.41) is 3.52. The Balaban J connectivity index is 1.51. The normalized spacial score (nSPS) is 42.6. The summed E-state index contributed by atoms with van der Waals surface area (Å²) in [5.74, 6) is 0.395. The zero-order valence-electron chi connectivity index (χ0n) is 11.2. The van der Waals surface area contributed by atoms with Crippen LogP contribution in [0.3, 0.4) is 0 Å². The Labute approximate surface area is 109 Å². The first kappa shape index (κ1) is 11.2. The van der Waals surface area contributed by atoms with Gasteiger partial charge in [0.05, 0.1) is 11.7 Å². The lowest BCUT2D eigenvalue weighted by atomic mass is 9.96. The number of fused-ring (bicyclic) bond motifs is 1. The molecule has 1 aliphatic carbocycles. The summed E-state index contributed by atoms with van der Waals surface area (Å²) >= 11 is 0. The molecule has 1 spiro atoms. The van der Waals surface area contributed by atoms with Crippen molar-refractivity contribution in [3.8, 4) is 0 Å². The van der Waals surface area contributed by atoms with Crippen molar-refractivity contribution in [3.05, 3.63) is 0 Å². The summed E-state index contributed by atoms with van der Waals surface area (Å²) in [6, 6.07) is 1.24. The zero-order chi connectivity index (χ0) is 12.3. The number of nitrogens with one attached hydrogen (secondary N) is 1. The first-order valence-corrected chi connectivity index (χ1v) is 7.54. The largest absolute Gasteiger partial charge is 0.323 e. The second-order valence-corrected chi connectivity index (χ2v) is 6.63. The number of hydrogen-bond acceptors (Lipinski definition) is 3. The second kappa shape index (κ2) is 3.70. The first-order valence-electron chi connectivity index (χ1n) is 7.54. The minimum atomic E-state index is -0.133. The molecule has 1 amide bonds. The van der Waals surface area contributed by atoms with Gasteiger partial charge in [0.25, 0.3) is 0 Å². The summed E-state index contributed by atoms with van der Waals surface area (Å²) in [5.41, 5.74) is -0.133. The van der Waals surface area contributed by atoms with Crippen molar-refractivity contribution in [1.29, 1.82) is 0 Å². The summed E-state index contributed by atoms with van der Waals surface area (Å²) in [6.45, 7) is 4.63. The molecule has 4 heteroatoms. The molecule has 18 heavy (non-hydrogen) atoms. The Morgan fingerprint density at radius 3 is 2.78 bits per heavy atom. The number of piperidine rings is 1. The summed E-state index contributed by atoms with van der Waals surface area (Å²) in [4.78, 5) is 17.4. The molecule has 4 rings (SSSR count). The van der Waals surface area contributed by atoms with Crippen LogP contribution in [0.25, 0.3) is 0 Å². The Hall–Kier alpha value is -0.610. The lowest BCUT2D eigenvalue weighted by molar-refractivity contribution is -0.134. The third-order valence-electron chi connectivity index (χ3n) is 5.48. The molecule has 3 atom stereocenters. The molecule has 3 saturated heterocycles. The van der Waals surface area contributed by atoms with E-state index in [2.05, 4.69) is 22.0 Å². The minimum absolute atomic E-state index is 0.133. The van der Waals surface area contributed by atoms with Crippen LogP contribution in [0.1, 0.15) is 45.4 Å². The van der Waals surface area contributed by atoms with Crippen LogP contribution < -0.4 is 5.32 Å². The fraction of sp³-hybridized carbons (Fsp3) is 0.929. The van der Waals surface area contributed by atoms with E-state index in [1.807, 2.05) is 0 Å². The molecule has 0 aromatic heterocycles. The van der Waals surface area contributed by atoms with Crippen LogP contribution in [0.5, 0.6) is 0 Å². The molecule has 0 aromatic carbocycles. The van der Waals surface area contributed by atoms with Crippen molar-refractivity contribution >= 4 is 5.91 Å². The lowest BCUT2D eigenvalue weighted by Crippen LogP contribution is -2.51. The molecule has 100 valence electrons. The molecular formula is C14H23N3O. The molecule has 0 aromatic rings. The monoisotopic (exact) mass is 249 g/mol. The van der Waals surface area contributed by atoms with E-state index in [-0.39, 0.29) is 11.7 Å². The minimum Gasteiger partial charge on any atom is -0.323 e. The van der Waals surface area contributed by atoms with Gasteiger partial charge in [-0.15, -0.1) is 0 Å². The quantitative estimate of drug-likeness (QED) is 0.751. The number of nitrogens with zero attached hydrogens (tertiary/aromatic N) is 2. The third kappa shape index (κ3) is 1.48. The van der Waals surface area contributed by atoms with Gasteiger partial charge in [-0.2, -0.15) is 0 Å². The van der Waals surface area contributed by atoms with Crippen LogP contribution in [-0.2, 0) is 4.79 Å². The molecule has 3 heterocycles. The first-order chi connectivity index (χ1) is 8.70. The number of carbonyl (C=O) groups is 1. The number of rotatable bonds is 1. The fourth-order valence-electron chi connectivity index (χ4n) is 4.38. The molecule has 1 saturated carbocycles. The molecule has 4 nitrogen and oxygen atoms in total. The smallest absolute Gasteiger partial charge is 0.244 e. The van der Waals surface area contributed by atoms with E-state index in [0.717, 1.165) is 18.9 Å². The van der Waals surface area contributed by atoms with E-state index < -0.39 is 0 Å². The topological polar surface area (TPSA) is 35.6 Å². The van der Waals surface area contributed by atoms with E-state index in [9.17, 15) is 4.79 Å². The van der Waals surface area contributed by atoms with Crippen LogP contribution in [0, 0.1) is 0 Å². The Morgan fingerprint density at radius 2 is 2.06 bits per heavy atom. The van der Waals surface area contributed by atoms with Crippen molar-refractivity contribution in [3.63, 3.8) is 0 Å². The standard InChI is InChI=1S/C14H23N3O/c1-10-15-14(5-6-14)13(18)17(10)12-4-8-16-7-2-3-11(16)9-12/h10-12,15H,2-9H2,1H3. The van der Waals surface area contributed by atoms with Gasteiger partial charge in [-0.3, -0.25) is 10.1 Å². The van der Waals surface area contributed by atoms with E-state index in [4.69, 9.17) is 0 Å². The zero-order valence-corrected chi connectivity index (χ0v) is 11.2. The van der Waals surface area contributed by atoms with Crippen LogP contribution in [-0.4, -0.2) is 52.6 Å². The van der Waals surface area contributed by atoms with Crippen LogP contribution >= 0.6 is 0 Å². The molecule has 4 aliphatic rings. The molecular weight excluding hydrogens is 226 g/mol. The SMILES string of the molecule is CC1NC2(CC2)C(=O)N1C1CCN2CCCC2C1. The maximum absolute atomic E-state index is 12.5. The van der Waals surface area contributed by atoms with Gasteiger partial charge >= 0.3 is 0 Å². The number of amides is 1. The number of carbonyl (C=O) groups excluding carboxylic acids is 1. The van der Waals surface area contributed by atoms with Crippen LogP contribution in [0.15, 0.2) is 0 Å². The van der Waals surface area contributed by atoms with Crippen molar-refractivity contribution in [2.24, 2.45) is 0 Å². The van der Waals surface area contributed by atoms with E-state index in [0.29, 0.717) is 11.9 Å². The maximum atomic E-state index is 12.5. The van der Waals surface area contributed by atoms with Crippen molar-refractivity contribution in [1.82, 2.24) is 15.1 Å². The average Bonchev–Trinajstić information content (AvgIpc) is 2.90. The highest BCUT2D eigenvalue weighted by molar-refractivity contribution is 5.92. The average molecular weight is 249 g/mol. The van der Waals surface area contributed by atoms with E-state index in [1.54, 1.807) is 0 Å². The van der Waals surface area contributed by atoms with Crippen molar-refractivity contribution < 1.29 is 4.79 Å².